The average Bonchev–Trinajstić information content (AvgIpc) is 2.69. The minimum atomic E-state index is -0.406. The van der Waals surface area contributed by atoms with E-state index in [1.165, 1.54) is 44.1 Å². The van der Waals surface area contributed by atoms with Gasteiger partial charge in [-0.15, -0.1) is 0 Å². The van der Waals surface area contributed by atoms with Crippen LogP contribution in [0.1, 0.15) is 75.8 Å². The quantitative estimate of drug-likeness (QED) is 0.471. The highest BCUT2D eigenvalue weighted by Crippen LogP contribution is 2.47. The Morgan fingerprint density at radius 3 is 2.61 bits per heavy atom. The maximum Gasteiger partial charge on any atom is 0.137 e. The number of halogens is 2. The average molecular weight is 383 g/mol. The summed E-state index contributed by atoms with van der Waals surface area (Å²) >= 11 is 0. The first-order chi connectivity index (χ1) is 13.6. The molecule has 28 heavy (non-hydrogen) atoms. The van der Waals surface area contributed by atoms with Gasteiger partial charge in [-0.1, -0.05) is 43.7 Å². The van der Waals surface area contributed by atoms with Gasteiger partial charge in [0.25, 0.3) is 0 Å². The SMILES string of the molecule is C/C=C/CCc1c(F)cc2cc([C@@H]3CC[C@@H]4CC(C)CCC4C3)ccc2c1F. The fraction of sp³-hybridized carbons (Fsp3) is 0.538. The lowest BCUT2D eigenvalue weighted by molar-refractivity contribution is 0.124. The Morgan fingerprint density at radius 2 is 1.79 bits per heavy atom. The molecular formula is C26H32F2. The number of benzene rings is 2. The van der Waals surface area contributed by atoms with Gasteiger partial charge in [0.1, 0.15) is 11.6 Å². The number of fused-ring (bicyclic) bond motifs is 2. The van der Waals surface area contributed by atoms with Crippen molar-refractivity contribution in [2.24, 2.45) is 17.8 Å². The fourth-order valence-electron chi connectivity index (χ4n) is 5.70. The van der Waals surface area contributed by atoms with Crippen LogP contribution in [0.5, 0.6) is 0 Å². The van der Waals surface area contributed by atoms with Crippen LogP contribution in [0.3, 0.4) is 0 Å². The fourth-order valence-corrected chi connectivity index (χ4v) is 5.70. The van der Waals surface area contributed by atoms with E-state index in [9.17, 15) is 8.78 Å². The first kappa shape index (κ1) is 19.6. The Balaban J connectivity index is 1.57. The Bertz CT molecular complexity index is 866. The standard InChI is InChI=1S/C26H32F2/c1-3-4-5-6-24-25(27)16-22-15-21(11-12-23(22)26(24)28)20-10-9-18-13-17(2)7-8-19(18)14-20/h3-4,11-12,15-20H,5-10,13-14H2,1-2H3/b4-3+/t17?,18-,19?,20-/m1/s1. The van der Waals surface area contributed by atoms with Gasteiger partial charge in [-0.3, -0.25) is 0 Å². The van der Waals surface area contributed by atoms with Gasteiger partial charge in [-0.25, -0.2) is 8.78 Å². The third-order valence-corrected chi connectivity index (χ3v) is 7.29. The molecule has 2 aromatic rings. The zero-order chi connectivity index (χ0) is 19.7. The lowest BCUT2D eigenvalue weighted by atomic mass is 9.64. The molecule has 4 rings (SSSR count). The van der Waals surface area contributed by atoms with E-state index in [4.69, 9.17) is 0 Å². The lowest BCUT2D eigenvalue weighted by Crippen LogP contribution is -2.29. The van der Waals surface area contributed by atoms with Gasteiger partial charge >= 0.3 is 0 Å². The van der Waals surface area contributed by atoms with Crippen molar-refractivity contribution in [3.05, 3.63) is 59.2 Å². The zero-order valence-electron chi connectivity index (χ0n) is 17.2. The molecule has 0 aromatic heterocycles. The van der Waals surface area contributed by atoms with Crippen LogP contribution < -0.4 is 0 Å². The maximum atomic E-state index is 14.9. The summed E-state index contributed by atoms with van der Waals surface area (Å²) in [7, 11) is 0. The van der Waals surface area contributed by atoms with Crippen LogP contribution >= 0.6 is 0 Å². The van der Waals surface area contributed by atoms with E-state index in [-0.39, 0.29) is 11.4 Å². The van der Waals surface area contributed by atoms with Crippen LogP contribution in [0, 0.1) is 29.4 Å². The molecule has 2 aliphatic rings. The van der Waals surface area contributed by atoms with E-state index in [0.717, 1.165) is 17.8 Å². The molecule has 2 fully saturated rings. The summed E-state index contributed by atoms with van der Waals surface area (Å²) < 4.78 is 29.5. The van der Waals surface area contributed by atoms with Crippen LogP contribution in [0.15, 0.2) is 36.4 Å². The van der Waals surface area contributed by atoms with Gasteiger partial charge in [0, 0.05) is 10.9 Å². The van der Waals surface area contributed by atoms with Gasteiger partial charge in [0.2, 0.25) is 0 Å². The second-order valence-electron chi connectivity index (χ2n) is 9.19. The number of allylic oxidation sites excluding steroid dienone is 2. The minimum Gasteiger partial charge on any atom is -0.207 e. The van der Waals surface area contributed by atoms with Crippen LogP contribution in [-0.2, 0) is 6.42 Å². The van der Waals surface area contributed by atoms with Gasteiger partial charge in [0.15, 0.2) is 0 Å². The molecule has 2 heteroatoms. The van der Waals surface area contributed by atoms with E-state index < -0.39 is 5.82 Å². The largest absolute Gasteiger partial charge is 0.207 e. The van der Waals surface area contributed by atoms with Crippen molar-refractivity contribution in [2.75, 3.05) is 0 Å². The third-order valence-electron chi connectivity index (χ3n) is 7.29. The van der Waals surface area contributed by atoms with E-state index >= 15 is 0 Å². The Labute approximate surface area is 168 Å². The van der Waals surface area contributed by atoms with Crippen LogP contribution in [0.2, 0.25) is 0 Å². The molecular weight excluding hydrogens is 350 g/mol. The normalized spacial score (nSPS) is 28.0. The summed E-state index contributed by atoms with van der Waals surface area (Å²) in [6.07, 6.45) is 12.8. The molecule has 0 amide bonds. The Kier molecular flexibility index (Phi) is 5.85. The molecule has 2 saturated carbocycles. The number of rotatable bonds is 4. The van der Waals surface area contributed by atoms with Crippen molar-refractivity contribution >= 4 is 10.8 Å². The first-order valence-corrected chi connectivity index (χ1v) is 11.1. The molecule has 2 aromatic carbocycles. The second kappa shape index (κ2) is 8.35. The molecule has 0 nitrogen and oxygen atoms in total. The summed E-state index contributed by atoms with van der Waals surface area (Å²) in [5, 5.41) is 1.27. The highest BCUT2D eigenvalue weighted by molar-refractivity contribution is 5.85. The summed E-state index contributed by atoms with van der Waals surface area (Å²) in [6.45, 7) is 4.32. The van der Waals surface area contributed by atoms with Crippen molar-refractivity contribution in [2.45, 2.75) is 71.1 Å². The van der Waals surface area contributed by atoms with Gasteiger partial charge in [-0.2, -0.15) is 0 Å². The van der Waals surface area contributed by atoms with Crippen molar-refractivity contribution < 1.29 is 8.78 Å². The van der Waals surface area contributed by atoms with Gasteiger partial charge in [-0.05, 0) is 92.6 Å². The minimum absolute atomic E-state index is 0.218. The molecule has 0 bridgehead atoms. The van der Waals surface area contributed by atoms with Crippen molar-refractivity contribution in [1.29, 1.82) is 0 Å². The lowest BCUT2D eigenvalue weighted by Gasteiger charge is -2.41. The van der Waals surface area contributed by atoms with Gasteiger partial charge < -0.3 is 0 Å². The van der Waals surface area contributed by atoms with Crippen molar-refractivity contribution in [1.82, 2.24) is 0 Å². The molecule has 0 N–H and O–H groups in total. The molecule has 150 valence electrons. The van der Waals surface area contributed by atoms with E-state index in [1.807, 2.05) is 31.2 Å². The highest BCUT2D eigenvalue weighted by atomic mass is 19.1. The molecule has 0 spiro atoms. The smallest absolute Gasteiger partial charge is 0.137 e. The summed E-state index contributed by atoms with van der Waals surface area (Å²) in [5.41, 5.74) is 1.49. The molecule has 2 aliphatic carbocycles. The van der Waals surface area contributed by atoms with Crippen molar-refractivity contribution in [3.63, 3.8) is 0 Å². The topological polar surface area (TPSA) is 0 Å². The van der Waals surface area contributed by atoms with E-state index in [2.05, 4.69) is 13.0 Å². The van der Waals surface area contributed by atoms with E-state index in [0.29, 0.717) is 29.5 Å². The molecule has 0 heterocycles. The van der Waals surface area contributed by atoms with Crippen LogP contribution in [0.25, 0.3) is 10.8 Å². The third kappa shape index (κ3) is 3.88. The molecule has 4 atom stereocenters. The van der Waals surface area contributed by atoms with E-state index in [1.54, 1.807) is 6.07 Å². The highest BCUT2D eigenvalue weighted by Gasteiger charge is 2.34. The monoisotopic (exact) mass is 382 g/mol. The number of hydrogen-bond acceptors (Lipinski definition) is 0. The molecule has 0 saturated heterocycles. The predicted octanol–water partition coefficient (Wildman–Crippen LogP) is 7.95. The van der Waals surface area contributed by atoms with Crippen LogP contribution in [0.4, 0.5) is 8.78 Å². The van der Waals surface area contributed by atoms with Crippen LogP contribution in [-0.4, -0.2) is 0 Å². The van der Waals surface area contributed by atoms with Gasteiger partial charge in [0.05, 0.1) is 0 Å². The molecule has 0 radical (unpaired) electrons. The maximum absolute atomic E-state index is 14.9. The second-order valence-corrected chi connectivity index (χ2v) is 9.19. The molecule has 0 aliphatic heterocycles. The molecule has 2 unspecified atom stereocenters. The number of hydrogen-bond donors (Lipinski definition) is 0. The summed E-state index contributed by atoms with van der Waals surface area (Å²) in [6, 6.07) is 7.57. The summed E-state index contributed by atoms with van der Waals surface area (Å²) in [4.78, 5) is 0. The Morgan fingerprint density at radius 1 is 1.00 bits per heavy atom. The van der Waals surface area contributed by atoms with Crippen molar-refractivity contribution in [3.8, 4) is 0 Å². The zero-order valence-corrected chi connectivity index (χ0v) is 17.2. The Hall–Kier alpha value is -1.70. The summed E-state index contributed by atoms with van der Waals surface area (Å²) in [5.74, 6) is 2.38. The predicted molar refractivity (Wildman–Crippen MR) is 114 cm³/mol. The first-order valence-electron chi connectivity index (χ1n) is 11.1.